The Bertz CT molecular complexity index is 453. The summed E-state index contributed by atoms with van der Waals surface area (Å²) in [6, 6.07) is 0. The van der Waals surface area contributed by atoms with E-state index in [2.05, 4.69) is 16.1 Å². The molecule has 0 N–H and O–H groups in total. The molecule has 0 fully saturated rings. The highest BCUT2D eigenvalue weighted by atomic mass is 19.4. The van der Waals surface area contributed by atoms with Gasteiger partial charge in [-0.3, -0.25) is 4.79 Å². The van der Waals surface area contributed by atoms with Crippen LogP contribution in [0.2, 0.25) is 0 Å². The van der Waals surface area contributed by atoms with Gasteiger partial charge in [-0.2, -0.15) is 26.3 Å². The molecule has 0 saturated carbocycles. The molecule has 10 heteroatoms. The van der Waals surface area contributed by atoms with Gasteiger partial charge >= 0.3 is 29.9 Å². The van der Waals surface area contributed by atoms with Crippen molar-refractivity contribution in [3.63, 3.8) is 0 Å². The molecule has 0 aliphatic heterocycles. The van der Waals surface area contributed by atoms with Crippen LogP contribution in [0.3, 0.4) is 0 Å². The van der Waals surface area contributed by atoms with Crippen molar-refractivity contribution in [1.29, 1.82) is 0 Å². The van der Waals surface area contributed by atoms with Gasteiger partial charge in [0.25, 0.3) is 0 Å². The molecule has 4 nitrogen and oxygen atoms in total. The van der Waals surface area contributed by atoms with Crippen molar-refractivity contribution in [3.8, 4) is 0 Å². The van der Waals surface area contributed by atoms with Crippen LogP contribution in [0.15, 0.2) is 12.2 Å². The largest absolute Gasteiger partial charge is 0.457 e. The highest BCUT2D eigenvalue weighted by Crippen LogP contribution is 2.46. The van der Waals surface area contributed by atoms with E-state index in [-0.39, 0.29) is 6.42 Å². The van der Waals surface area contributed by atoms with Crippen molar-refractivity contribution < 1.29 is 45.4 Å². The molecule has 0 amide bonds. The van der Waals surface area contributed by atoms with E-state index in [1.807, 2.05) is 0 Å². The summed E-state index contributed by atoms with van der Waals surface area (Å²) in [4.78, 5) is 22.6. The van der Waals surface area contributed by atoms with E-state index in [1.165, 1.54) is 0 Å². The maximum Gasteiger partial charge on any atom is 0.441 e. The lowest BCUT2D eigenvalue weighted by molar-refractivity contribution is -0.377. The average molecular weight is 364 g/mol. The van der Waals surface area contributed by atoms with E-state index in [9.17, 15) is 35.9 Å². The first-order valence-corrected chi connectivity index (χ1v) is 6.96. The van der Waals surface area contributed by atoms with Crippen LogP contribution in [0.1, 0.15) is 39.5 Å². The monoisotopic (exact) mass is 364 g/mol. The Morgan fingerprint density at radius 3 is 1.88 bits per heavy atom. The fourth-order valence-corrected chi connectivity index (χ4v) is 1.52. The molecule has 0 rings (SSSR count). The number of alkyl halides is 6. The molecule has 0 aliphatic carbocycles. The molecule has 0 unspecified atom stereocenters. The summed E-state index contributed by atoms with van der Waals surface area (Å²) in [6.45, 7) is 3.59. The quantitative estimate of drug-likeness (QED) is 0.282. The van der Waals surface area contributed by atoms with Gasteiger partial charge in [0.15, 0.2) is 0 Å². The zero-order valence-corrected chi connectivity index (χ0v) is 13.1. The van der Waals surface area contributed by atoms with Gasteiger partial charge in [-0.1, -0.05) is 26.3 Å². The van der Waals surface area contributed by atoms with E-state index in [1.54, 1.807) is 6.92 Å². The topological polar surface area (TPSA) is 52.6 Å². The zero-order valence-electron chi connectivity index (χ0n) is 13.1. The molecule has 0 atom stereocenters. The summed E-state index contributed by atoms with van der Waals surface area (Å²) in [6.07, 6.45) is -11.6. The second-order valence-corrected chi connectivity index (χ2v) is 5.11. The summed E-state index contributed by atoms with van der Waals surface area (Å²) in [5.41, 5.74) is -5.32. The van der Waals surface area contributed by atoms with Gasteiger partial charge in [0.05, 0.1) is 0 Å². The molecule has 0 saturated heterocycles. The van der Waals surface area contributed by atoms with Crippen LogP contribution in [-0.2, 0) is 19.1 Å². The number of carbonyl (C=O) groups is 2. The second kappa shape index (κ2) is 8.39. The molecular weight excluding hydrogens is 346 g/mol. The van der Waals surface area contributed by atoms with Crippen LogP contribution in [0, 0.1) is 0 Å². The number of carbonyl (C=O) groups excluding carboxylic acids is 2. The van der Waals surface area contributed by atoms with Gasteiger partial charge in [-0.15, -0.1) is 0 Å². The normalized spacial score (nSPS) is 12.7. The van der Waals surface area contributed by atoms with Crippen LogP contribution >= 0.6 is 0 Å². The Balaban J connectivity index is 5.50. The van der Waals surface area contributed by atoms with Gasteiger partial charge < -0.3 is 9.47 Å². The van der Waals surface area contributed by atoms with Crippen LogP contribution in [-0.4, -0.2) is 36.5 Å². The molecule has 0 heterocycles. The van der Waals surface area contributed by atoms with Crippen LogP contribution in [0.4, 0.5) is 26.3 Å². The third-order valence-electron chi connectivity index (χ3n) is 2.94. The smallest absolute Gasteiger partial charge is 0.441 e. The number of halogens is 6. The molecule has 0 aromatic rings. The fourth-order valence-electron chi connectivity index (χ4n) is 1.52. The number of ether oxygens (including phenoxy) is 2. The number of hydrogen-bond donors (Lipinski definition) is 0. The Labute approximate surface area is 134 Å². The van der Waals surface area contributed by atoms with Crippen molar-refractivity contribution in [3.05, 3.63) is 12.2 Å². The van der Waals surface area contributed by atoms with E-state index >= 15 is 0 Å². The average Bonchev–Trinajstić information content (AvgIpc) is 2.40. The SMILES string of the molecule is C=C(C)C(=O)OCC(OC(=O)CCCCC)(C(F)(F)F)C(F)(F)F. The first kappa shape index (κ1) is 22.3. The maximum atomic E-state index is 13.1. The summed E-state index contributed by atoms with van der Waals surface area (Å²) < 4.78 is 86.1. The molecule has 0 spiro atoms. The first-order valence-electron chi connectivity index (χ1n) is 6.96. The summed E-state index contributed by atoms with van der Waals surface area (Å²) in [5.74, 6) is -3.14. The fraction of sp³-hybridized carbons (Fsp3) is 0.714. The molecule has 0 aromatic carbocycles. The van der Waals surface area contributed by atoms with Crippen molar-refractivity contribution in [1.82, 2.24) is 0 Å². The summed E-state index contributed by atoms with van der Waals surface area (Å²) in [5, 5.41) is 0. The maximum absolute atomic E-state index is 13.1. The minimum absolute atomic E-state index is 0.0761. The lowest BCUT2D eigenvalue weighted by atomic mass is 10.0. The number of unbranched alkanes of at least 4 members (excludes halogenated alkanes) is 2. The summed E-state index contributed by atoms with van der Waals surface area (Å²) in [7, 11) is 0. The molecule has 0 aliphatic rings. The van der Waals surface area contributed by atoms with Gasteiger partial charge in [0.1, 0.15) is 6.61 Å². The summed E-state index contributed by atoms with van der Waals surface area (Å²) >= 11 is 0. The zero-order chi connectivity index (χ0) is 19.2. The van der Waals surface area contributed by atoms with E-state index in [0.29, 0.717) is 12.8 Å². The molecular formula is C14H18F6O4. The molecule has 0 bridgehead atoms. The lowest BCUT2D eigenvalue weighted by Gasteiger charge is -2.35. The van der Waals surface area contributed by atoms with Gasteiger partial charge in [-0.05, 0) is 13.3 Å². The van der Waals surface area contributed by atoms with E-state index < -0.39 is 48.5 Å². The Morgan fingerprint density at radius 2 is 1.50 bits per heavy atom. The Hall–Kier alpha value is -1.74. The highest BCUT2D eigenvalue weighted by Gasteiger charge is 2.75. The van der Waals surface area contributed by atoms with Crippen LogP contribution < -0.4 is 0 Å². The number of esters is 2. The third kappa shape index (κ3) is 5.72. The van der Waals surface area contributed by atoms with Gasteiger partial charge in [0, 0.05) is 12.0 Å². The van der Waals surface area contributed by atoms with Gasteiger partial charge in [0.2, 0.25) is 0 Å². The first-order chi connectivity index (χ1) is 10.8. The number of rotatable bonds is 8. The second-order valence-electron chi connectivity index (χ2n) is 5.11. The minimum Gasteiger partial charge on any atom is -0.457 e. The Morgan fingerprint density at radius 1 is 1.00 bits per heavy atom. The van der Waals surface area contributed by atoms with Crippen molar-refractivity contribution in [2.24, 2.45) is 0 Å². The van der Waals surface area contributed by atoms with Crippen molar-refractivity contribution >= 4 is 11.9 Å². The predicted octanol–water partition coefficient (Wildman–Crippen LogP) is 4.09. The van der Waals surface area contributed by atoms with Crippen molar-refractivity contribution in [2.45, 2.75) is 57.5 Å². The standard InChI is InChI=1S/C14H18F6O4/c1-4-5-6-7-10(21)24-12(13(15,16)17,14(18,19)20)8-23-11(22)9(2)3/h2,4-8H2,1,3H3. The minimum atomic E-state index is -6.03. The predicted molar refractivity (Wildman–Crippen MR) is 70.8 cm³/mol. The molecule has 0 aromatic heterocycles. The van der Waals surface area contributed by atoms with Crippen LogP contribution in [0.25, 0.3) is 0 Å². The van der Waals surface area contributed by atoms with Crippen LogP contribution in [0.5, 0.6) is 0 Å². The molecule has 24 heavy (non-hydrogen) atoms. The number of hydrogen-bond acceptors (Lipinski definition) is 4. The highest BCUT2D eigenvalue weighted by molar-refractivity contribution is 5.87. The Kier molecular flexibility index (Phi) is 7.78. The van der Waals surface area contributed by atoms with Gasteiger partial charge in [-0.25, -0.2) is 4.79 Å². The third-order valence-corrected chi connectivity index (χ3v) is 2.94. The van der Waals surface area contributed by atoms with E-state index in [0.717, 1.165) is 6.92 Å². The van der Waals surface area contributed by atoms with Crippen molar-refractivity contribution in [2.75, 3.05) is 6.61 Å². The lowest BCUT2D eigenvalue weighted by Crippen LogP contribution is -2.62. The molecule has 140 valence electrons. The van der Waals surface area contributed by atoms with E-state index in [4.69, 9.17) is 0 Å². The molecule has 0 radical (unpaired) electrons.